The molecule has 0 bridgehead atoms. The quantitative estimate of drug-likeness (QED) is 0.809. The van der Waals surface area contributed by atoms with Gasteiger partial charge in [-0.2, -0.15) is 0 Å². The fraction of sp³-hybridized carbons (Fsp3) is 0.375. The van der Waals surface area contributed by atoms with Crippen LogP contribution in [0.2, 0.25) is 0 Å². The van der Waals surface area contributed by atoms with E-state index in [4.69, 9.17) is 5.73 Å². The van der Waals surface area contributed by atoms with Gasteiger partial charge >= 0.3 is 0 Å². The summed E-state index contributed by atoms with van der Waals surface area (Å²) in [6, 6.07) is -0.550. The molecule has 21 heavy (non-hydrogen) atoms. The normalized spacial score (nSPS) is 19.5. The number of nitrogens with one attached hydrogen (secondary N) is 1. The molecule has 0 spiro atoms. The number of carbonyl (C=O) groups excluding carboxylic acids is 2. The van der Waals surface area contributed by atoms with E-state index < -0.39 is 6.04 Å². The molecule has 0 radical (unpaired) electrons. The van der Waals surface area contributed by atoms with Crippen LogP contribution >= 0.6 is 0 Å². The lowest BCUT2D eigenvalue weighted by Crippen LogP contribution is -2.51. The molecular weight excluding hydrogens is 266 g/mol. The van der Waals surface area contributed by atoms with Gasteiger partial charge in [0.1, 0.15) is 0 Å². The molecule has 1 saturated heterocycles. The van der Waals surface area contributed by atoms with Crippen molar-refractivity contribution in [3.63, 3.8) is 0 Å². The lowest BCUT2D eigenvalue weighted by atomic mass is 10.0. The molecule has 1 unspecified atom stereocenters. The highest BCUT2D eigenvalue weighted by Gasteiger charge is 2.31. The van der Waals surface area contributed by atoms with Crippen LogP contribution in [-0.2, 0) is 16.0 Å². The standard InChI is InChI=1S/C16H21N3O2/c1-3-5-14-12(4-2)11(10-18-14)8-9-19-15(20)7-6-13(17)16(19)21/h3-5,10,13,18H,2,6-9,17H2,1H3/b5-3-. The van der Waals surface area contributed by atoms with Crippen LogP contribution in [0.4, 0.5) is 0 Å². The van der Waals surface area contributed by atoms with Crippen LogP contribution in [-0.4, -0.2) is 34.3 Å². The maximum atomic E-state index is 12.0. The highest BCUT2D eigenvalue weighted by molar-refractivity contribution is 6.00. The summed E-state index contributed by atoms with van der Waals surface area (Å²) in [6.45, 7) is 6.13. The predicted molar refractivity (Wildman–Crippen MR) is 83.2 cm³/mol. The first-order valence-electron chi connectivity index (χ1n) is 7.13. The van der Waals surface area contributed by atoms with Gasteiger partial charge < -0.3 is 10.7 Å². The lowest BCUT2D eigenvalue weighted by molar-refractivity contribution is -0.149. The van der Waals surface area contributed by atoms with E-state index >= 15 is 0 Å². The monoisotopic (exact) mass is 287 g/mol. The van der Waals surface area contributed by atoms with Crippen molar-refractivity contribution in [2.75, 3.05) is 6.54 Å². The second-order valence-electron chi connectivity index (χ2n) is 5.12. The predicted octanol–water partition coefficient (Wildman–Crippen LogP) is 1.71. The molecule has 5 nitrogen and oxygen atoms in total. The summed E-state index contributed by atoms with van der Waals surface area (Å²) < 4.78 is 0. The van der Waals surface area contributed by atoms with Crippen molar-refractivity contribution in [1.82, 2.24) is 9.88 Å². The van der Waals surface area contributed by atoms with E-state index in [-0.39, 0.29) is 11.8 Å². The number of allylic oxidation sites excluding steroid dienone is 1. The van der Waals surface area contributed by atoms with Crippen molar-refractivity contribution in [1.29, 1.82) is 0 Å². The van der Waals surface area contributed by atoms with Gasteiger partial charge in [0.05, 0.1) is 6.04 Å². The van der Waals surface area contributed by atoms with Crippen molar-refractivity contribution in [3.05, 3.63) is 35.7 Å². The molecule has 0 saturated carbocycles. The Bertz CT molecular complexity index is 586. The largest absolute Gasteiger partial charge is 0.361 e. The Morgan fingerprint density at radius 3 is 2.95 bits per heavy atom. The zero-order valence-corrected chi connectivity index (χ0v) is 12.3. The van der Waals surface area contributed by atoms with Crippen LogP contribution in [0.1, 0.15) is 36.6 Å². The van der Waals surface area contributed by atoms with E-state index in [9.17, 15) is 9.59 Å². The number of carbonyl (C=O) groups is 2. The average Bonchev–Trinajstić information content (AvgIpc) is 2.85. The molecule has 0 aromatic carbocycles. The number of aromatic amines is 1. The minimum Gasteiger partial charge on any atom is -0.361 e. The number of nitrogens with two attached hydrogens (primary N) is 1. The van der Waals surface area contributed by atoms with E-state index in [0.29, 0.717) is 25.8 Å². The van der Waals surface area contributed by atoms with Crippen molar-refractivity contribution in [3.8, 4) is 0 Å². The van der Waals surface area contributed by atoms with Gasteiger partial charge in [-0.15, -0.1) is 0 Å². The fourth-order valence-corrected chi connectivity index (χ4v) is 2.57. The summed E-state index contributed by atoms with van der Waals surface area (Å²) in [6.07, 6.45) is 8.98. The number of imide groups is 1. The molecule has 2 rings (SSSR count). The minimum atomic E-state index is -0.550. The topological polar surface area (TPSA) is 79.2 Å². The van der Waals surface area contributed by atoms with Crippen LogP contribution in [0.3, 0.4) is 0 Å². The van der Waals surface area contributed by atoms with Gasteiger partial charge in [-0.1, -0.05) is 18.7 Å². The third-order valence-electron chi connectivity index (χ3n) is 3.73. The van der Waals surface area contributed by atoms with E-state index in [0.717, 1.165) is 16.8 Å². The van der Waals surface area contributed by atoms with Crippen LogP contribution in [0, 0.1) is 0 Å². The third kappa shape index (κ3) is 3.13. The highest BCUT2D eigenvalue weighted by atomic mass is 16.2. The van der Waals surface area contributed by atoms with E-state index in [1.165, 1.54) is 4.90 Å². The summed E-state index contributed by atoms with van der Waals surface area (Å²) in [7, 11) is 0. The maximum absolute atomic E-state index is 12.0. The molecule has 2 heterocycles. The lowest BCUT2D eigenvalue weighted by Gasteiger charge is -2.28. The Labute approximate surface area is 124 Å². The fourth-order valence-electron chi connectivity index (χ4n) is 2.57. The zero-order valence-electron chi connectivity index (χ0n) is 12.3. The molecule has 5 heteroatoms. The Kier molecular flexibility index (Phi) is 4.75. The molecule has 1 aliphatic heterocycles. The Morgan fingerprint density at radius 2 is 2.29 bits per heavy atom. The van der Waals surface area contributed by atoms with Crippen LogP contribution in [0.25, 0.3) is 12.2 Å². The second kappa shape index (κ2) is 6.54. The molecule has 1 aromatic rings. The average molecular weight is 287 g/mol. The van der Waals surface area contributed by atoms with Crippen LogP contribution in [0.15, 0.2) is 18.9 Å². The van der Waals surface area contributed by atoms with Gasteiger partial charge in [-0.25, -0.2) is 0 Å². The second-order valence-corrected chi connectivity index (χ2v) is 5.12. The Hall–Kier alpha value is -2.14. The number of aromatic nitrogens is 1. The number of hydrogen-bond donors (Lipinski definition) is 2. The van der Waals surface area contributed by atoms with Crippen molar-refractivity contribution in [2.24, 2.45) is 5.73 Å². The maximum Gasteiger partial charge on any atom is 0.246 e. The summed E-state index contributed by atoms with van der Waals surface area (Å²) in [5, 5.41) is 0. The first-order valence-corrected chi connectivity index (χ1v) is 7.13. The van der Waals surface area contributed by atoms with E-state index in [1.807, 2.05) is 25.3 Å². The number of piperidine rings is 1. The first kappa shape index (κ1) is 15.3. The van der Waals surface area contributed by atoms with E-state index in [1.54, 1.807) is 6.08 Å². The molecule has 1 aromatic heterocycles. The van der Waals surface area contributed by atoms with Crippen molar-refractivity contribution < 1.29 is 9.59 Å². The molecule has 1 aliphatic rings. The van der Waals surface area contributed by atoms with Gasteiger partial charge in [0, 0.05) is 30.4 Å². The number of rotatable bonds is 5. The van der Waals surface area contributed by atoms with Gasteiger partial charge in [0.2, 0.25) is 11.8 Å². The highest BCUT2D eigenvalue weighted by Crippen LogP contribution is 2.19. The number of amides is 2. The summed E-state index contributed by atoms with van der Waals surface area (Å²) in [5.74, 6) is -0.401. The molecule has 1 fully saturated rings. The number of likely N-dealkylation sites (tertiary alicyclic amines) is 1. The zero-order chi connectivity index (χ0) is 15.4. The molecule has 3 N–H and O–H groups in total. The molecule has 0 aliphatic carbocycles. The van der Waals surface area contributed by atoms with Crippen molar-refractivity contribution in [2.45, 2.75) is 32.2 Å². The summed E-state index contributed by atoms with van der Waals surface area (Å²) in [5.41, 5.74) is 8.75. The number of nitrogens with zero attached hydrogens (tertiary/aromatic N) is 1. The Balaban J connectivity index is 2.10. The molecule has 2 amide bonds. The number of H-pyrrole nitrogens is 1. The van der Waals surface area contributed by atoms with E-state index in [2.05, 4.69) is 11.6 Å². The van der Waals surface area contributed by atoms with Gasteiger partial charge in [-0.05, 0) is 31.4 Å². The van der Waals surface area contributed by atoms with Crippen molar-refractivity contribution >= 4 is 24.0 Å². The minimum absolute atomic E-state index is 0.133. The Morgan fingerprint density at radius 1 is 1.52 bits per heavy atom. The summed E-state index contributed by atoms with van der Waals surface area (Å²) >= 11 is 0. The molecule has 112 valence electrons. The molecule has 1 atom stereocenters. The molecular formula is C16H21N3O2. The van der Waals surface area contributed by atoms with Crippen LogP contribution < -0.4 is 5.73 Å². The summed E-state index contributed by atoms with van der Waals surface area (Å²) in [4.78, 5) is 28.3. The van der Waals surface area contributed by atoms with Crippen LogP contribution in [0.5, 0.6) is 0 Å². The van der Waals surface area contributed by atoms with Gasteiger partial charge in [-0.3, -0.25) is 14.5 Å². The van der Waals surface area contributed by atoms with Gasteiger partial charge in [0.15, 0.2) is 0 Å². The first-order chi connectivity index (χ1) is 10.1. The SMILES string of the molecule is C=Cc1c(CCN2C(=O)CCC(N)C2=O)c[nH]c1/C=C\C. The van der Waals surface area contributed by atoms with Gasteiger partial charge in [0.25, 0.3) is 0 Å². The third-order valence-corrected chi connectivity index (χ3v) is 3.73. The smallest absolute Gasteiger partial charge is 0.246 e. The number of hydrogen-bond acceptors (Lipinski definition) is 3.